The largest absolute Gasteiger partial charge is 0.460 e. The van der Waals surface area contributed by atoms with E-state index in [4.69, 9.17) is 42.5 Å². The SMILES string of the molecule is Cc1ccc(N(C(=O)Oc2c(COC(=O)C(C)C(C)C(=O)N[C@H](C(=O)N[C@@H](CCN)C(=O)N[C@H]3CCNC(=O)[C@H]([C@@H](C)O)NC(=O)[C@H](CCN)NC(=O)[C@H](CCN)NC(=O)[C@H](CC(C)C)NC(=O)[C@@H](Cc4ccccc4)NC(=O)[C@H](CCN)NC3=O)[C@@H](C)O)cccc2C(C)(C)C)c2nccc(N(C)c3ccc4c(C)n(C)nc4c3)n2)cc1S(N)(=O)=O. The predicted molar refractivity (Wildman–Crippen MR) is 452 cm³/mol. The third-order valence-corrected chi connectivity index (χ3v) is 21.7. The fourth-order valence-corrected chi connectivity index (χ4v) is 14.2. The van der Waals surface area contributed by atoms with Gasteiger partial charge >= 0.3 is 12.1 Å². The number of rotatable bonds is 30. The lowest BCUT2D eigenvalue weighted by Gasteiger charge is -2.29. The van der Waals surface area contributed by atoms with Gasteiger partial charge in [-0.3, -0.25) is 57.4 Å². The van der Waals surface area contributed by atoms with E-state index in [1.807, 2.05) is 52.9 Å². The van der Waals surface area contributed by atoms with Crippen LogP contribution in [0, 0.1) is 31.6 Å². The Balaban J connectivity index is 1.12. The van der Waals surface area contributed by atoms with Crippen LogP contribution in [0.2, 0.25) is 0 Å². The van der Waals surface area contributed by atoms with Crippen molar-refractivity contribution in [3.05, 3.63) is 125 Å². The maximum atomic E-state index is 15.2. The van der Waals surface area contributed by atoms with E-state index in [1.165, 1.54) is 58.2 Å². The number of carbonyl (C=O) groups is 12. The van der Waals surface area contributed by atoms with Gasteiger partial charge in [0.25, 0.3) is 0 Å². The van der Waals surface area contributed by atoms with Gasteiger partial charge in [0.2, 0.25) is 75.0 Å². The number of nitrogens with one attached hydrogen (secondary N) is 10. The number of aryl methyl sites for hydroxylation is 3. The van der Waals surface area contributed by atoms with Crippen LogP contribution in [0.4, 0.5) is 27.9 Å². The first kappa shape index (κ1) is 97.5. The lowest BCUT2D eigenvalue weighted by molar-refractivity contribution is -0.153. The van der Waals surface area contributed by atoms with E-state index >= 15 is 4.79 Å². The molecule has 3 heterocycles. The van der Waals surface area contributed by atoms with E-state index in [9.17, 15) is 71.4 Å². The van der Waals surface area contributed by atoms with Gasteiger partial charge in [-0.15, -0.1) is 0 Å². The number of nitrogens with zero attached hydrogens (tertiary/aromatic N) is 6. The number of nitrogens with two attached hydrogens (primary N) is 5. The Labute approximate surface area is 708 Å². The topological polar surface area (TPSA) is 598 Å². The number of hydrogen-bond acceptors (Lipinski definition) is 26. The molecule has 1 aliphatic heterocycles. The molecule has 7 rings (SSSR count). The number of aliphatic hydroxyl groups excluding tert-OH is 2. The quantitative estimate of drug-likeness (QED) is 0.0257. The van der Waals surface area contributed by atoms with Crippen LogP contribution in [0.5, 0.6) is 5.75 Å². The summed E-state index contributed by atoms with van der Waals surface area (Å²) in [6.45, 7) is 15.6. The first-order valence-electron chi connectivity index (χ1n) is 40.2. The molecule has 1 saturated heterocycles. The molecule has 2 aromatic heterocycles. The highest BCUT2D eigenvalue weighted by Crippen LogP contribution is 2.38. The molecule has 0 saturated carbocycles. The van der Waals surface area contributed by atoms with E-state index < -0.39 is 185 Å². The Hall–Kier alpha value is -11.7. The second-order valence-corrected chi connectivity index (χ2v) is 33.2. The van der Waals surface area contributed by atoms with Crippen molar-refractivity contribution in [2.45, 2.75) is 205 Å². The average molecular weight is 1720 g/mol. The molecule has 22 N–H and O–H groups in total. The predicted octanol–water partition coefficient (Wildman–Crippen LogP) is -0.326. The molecule has 0 radical (unpaired) electrons. The summed E-state index contributed by atoms with van der Waals surface area (Å²) in [4.78, 5) is 185. The lowest BCUT2D eigenvalue weighted by atomic mass is 9.85. The molecule has 39 nitrogen and oxygen atoms in total. The van der Waals surface area contributed by atoms with E-state index in [2.05, 4.69) is 63.3 Å². The molecule has 122 heavy (non-hydrogen) atoms. The fraction of sp³-hybridized carbons (Fsp3) is 0.500. The van der Waals surface area contributed by atoms with Crippen LogP contribution >= 0.6 is 0 Å². The van der Waals surface area contributed by atoms with Crippen molar-refractivity contribution in [2.75, 3.05) is 49.6 Å². The van der Waals surface area contributed by atoms with Crippen LogP contribution in [-0.4, -0.2) is 216 Å². The van der Waals surface area contributed by atoms with Gasteiger partial charge in [0, 0.05) is 67.1 Å². The smallest absolute Gasteiger partial charge is 0.426 e. The standard InChI is InChI=1S/C82H117N21O18S/c1-43(2)38-62-75(112)92-56(26-32-83)70(107)91-59(29-35-86)74(111)99-66(48(7)104)77(114)88-36-30-60(73(110)90-57(27-33-84)72(109)96-63(76(113)95-62)39-50-18-15-14-16-19-50)93-71(108)58(28-34-85)94-78(115)67(49(8)105)98-69(106)45(4)46(5)79(116)120-42-51-20-17-21-55(82(9,10)11)68(51)121-81(117)103(53-23-22-44(3)64(41-53)122(87,118)119)80-89-37-31-65(97-80)101(12)52-24-25-54-47(6)102(13)100-61(54)40-52/h14-25,31,37,40-41,43,45-46,48-49,56-60,62-63,66-67,104-105H,26-30,32-36,38-39,42,83-86H2,1-13H3,(H,88,114)(H,90,110)(H,91,107)(H,92,112)(H,93,108)(H,94,115)(H,95,113)(H,96,109)(H,98,106)(H,99,111)(H2,87,118,119)/t45?,46?,48-,49-,56+,57+,58+,59+,60+,62+,63-,66+,67+/m1/s1. The molecule has 40 heteroatoms. The Morgan fingerprint density at radius 1 is 0.664 bits per heavy atom. The summed E-state index contributed by atoms with van der Waals surface area (Å²) in [7, 11) is -0.807. The Morgan fingerprint density at radius 3 is 1.83 bits per heavy atom. The highest BCUT2D eigenvalue weighted by Gasteiger charge is 2.40. The zero-order chi connectivity index (χ0) is 90.4. The van der Waals surface area contributed by atoms with Crippen LogP contribution in [0.1, 0.15) is 129 Å². The molecule has 11 amide bonds. The summed E-state index contributed by atoms with van der Waals surface area (Å²) in [6.07, 6.45) is -4.77. The monoisotopic (exact) mass is 1720 g/mol. The van der Waals surface area contributed by atoms with E-state index in [-0.39, 0.29) is 104 Å². The van der Waals surface area contributed by atoms with Crippen molar-refractivity contribution in [2.24, 2.45) is 52.9 Å². The maximum absolute atomic E-state index is 15.2. The van der Waals surface area contributed by atoms with Gasteiger partial charge in [0.15, 0.2) is 0 Å². The third kappa shape index (κ3) is 26.4. The number of ether oxygens (including phenoxy) is 2. The van der Waals surface area contributed by atoms with Crippen molar-refractivity contribution in [3.8, 4) is 5.75 Å². The number of aliphatic hydroxyl groups is 2. The molecule has 13 atom stereocenters. The molecule has 1 aliphatic rings. The number of hydrogen-bond donors (Lipinski definition) is 17. The molecule has 0 spiro atoms. The third-order valence-electron chi connectivity index (χ3n) is 20.7. The van der Waals surface area contributed by atoms with Crippen LogP contribution in [0.25, 0.3) is 10.9 Å². The van der Waals surface area contributed by atoms with Crippen LogP contribution in [0.3, 0.4) is 0 Å². The molecule has 0 bridgehead atoms. The first-order chi connectivity index (χ1) is 57.5. The van der Waals surface area contributed by atoms with Gasteiger partial charge in [0.1, 0.15) is 72.6 Å². The van der Waals surface area contributed by atoms with Crippen molar-refractivity contribution < 1.29 is 85.6 Å². The van der Waals surface area contributed by atoms with E-state index in [0.29, 0.717) is 28.1 Å². The lowest BCUT2D eigenvalue weighted by Crippen LogP contribution is -2.61. The Morgan fingerprint density at radius 2 is 1.25 bits per heavy atom. The Bertz CT molecular complexity index is 4850. The zero-order valence-corrected chi connectivity index (χ0v) is 71.7. The number of aromatic nitrogens is 4. The number of para-hydroxylation sites is 1. The van der Waals surface area contributed by atoms with Crippen LogP contribution < -0.4 is 95.8 Å². The highest BCUT2D eigenvalue weighted by molar-refractivity contribution is 7.89. The number of carbonyl (C=O) groups excluding carboxylic acids is 12. The number of anilines is 4. The summed E-state index contributed by atoms with van der Waals surface area (Å²) in [6, 6.07) is 10.4. The second-order valence-electron chi connectivity index (χ2n) is 31.7. The van der Waals surface area contributed by atoms with Gasteiger partial charge in [-0.05, 0) is 151 Å². The minimum atomic E-state index is -4.38. The van der Waals surface area contributed by atoms with Gasteiger partial charge < -0.3 is 101 Å². The first-order valence-corrected chi connectivity index (χ1v) is 41.7. The molecular formula is C82H117N21O18S. The molecule has 664 valence electrons. The maximum Gasteiger partial charge on any atom is 0.426 e. The number of fused-ring (bicyclic) bond motifs is 1. The summed E-state index contributed by atoms with van der Waals surface area (Å²) in [5, 5.41) is 58.8. The van der Waals surface area contributed by atoms with Gasteiger partial charge in [-0.2, -0.15) is 10.1 Å². The minimum absolute atomic E-state index is 0.0105. The molecule has 4 aromatic carbocycles. The van der Waals surface area contributed by atoms with Crippen molar-refractivity contribution in [1.29, 1.82) is 0 Å². The molecule has 2 unspecified atom stereocenters. The van der Waals surface area contributed by atoms with Gasteiger partial charge in [-0.25, -0.2) is 28.2 Å². The van der Waals surface area contributed by atoms with Gasteiger partial charge in [-0.1, -0.05) is 103 Å². The zero-order valence-electron chi connectivity index (χ0n) is 70.9. The number of benzene rings is 4. The Kier molecular flexibility index (Phi) is 35.3. The normalized spacial score (nSPS) is 19.7. The van der Waals surface area contributed by atoms with Crippen LogP contribution in [-0.2, 0) is 93.0 Å². The minimum Gasteiger partial charge on any atom is -0.460 e. The van der Waals surface area contributed by atoms with E-state index in [1.54, 1.807) is 79.0 Å². The molecule has 6 aromatic rings. The molecular weight excluding hydrogens is 1600 g/mol. The number of esters is 1. The molecule has 1 fully saturated rings. The average Bonchev–Trinajstić information content (AvgIpc) is 1.18. The van der Waals surface area contributed by atoms with Crippen LogP contribution in [0.15, 0.2) is 102 Å². The highest BCUT2D eigenvalue weighted by atomic mass is 32.2. The second kappa shape index (κ2) is 44.2. The van der Waals surface area contributed by atoms with E-state index in [0.717, 1.165) is 22.9 Å². The molecule has 0 aliphatic carbocycles. The van der Waals surface area contributed by atoms with Crippen molar-refractivity contribution in [1.82, 2.24) is 72.9 Å². The van der Waals surface area contributed by atoms with Crippen molar-refractivity contribution >= 4 is 115 Å². The fourth-order valence-electron chi connectivity index (χ4n) is 13.4. The number of amides is 11. The summed E-state index contributed by atoms with van der Waals surface area (Å²) < 4.78 is 40.0. The summed E-state index contributed by atoms with van der Waals surface area (Å²) in [5.74, 6) is -13.8. The summed E-state index contributed by atoms with van der Waals surface area (Å²) >= 11 is 0. The van der Waals surface area contributed by atoms with Crippen molar-refractivity contribution in [3.63, 3.8) is 0 Å². The summed E-state index contributed by atoms with van der Waals surface area (Å²) in [5.41, 5.74) is 26.7. The number of primary sulfonamides is 1. The number of sulfonamides is 1. The van der Waals surface area contributed by atoms with Gasteiger partial charge in [0.05, 0.1) is 34.2 Å².